The highest BCUT2D eigenvalue weighted by molar-refractivity contribution is 5.41. The van der Waals surface area contributed by atoms with Crippen LogP contribution in [0, 0.1) is 0 Å². The van der Waals surface area contributed by atoms with Gasteiger partial charge in [0.1, 0.15) is 18.1 Å². The minimum absolute atomic E-state index is 0.412. The molecule has 0 aliphatic carbocycles. The van der Waals surface area contributed by atoms with Crippen molar-refractivity contribution in [1.82, 2.24) is 0 Å². The topological polar surface area (TPSA) is 53.7 Å². The maximum absolute atomic E-state index is 12.0. The van der Waals surface area contributed by atoms with Crippen molar-refractivity contribution in [3.63, 3.8) is 0 Å². The number of benzene rings is 1. The number of hydrogen-bond acceptors (Lipinski definition) is 4. The lowest BCUT2D eigenvalue weighted by Crippen LogP contribution is -2.19. The molecule has 0 amide bonds. The Kier molecular flexibility index (Phi) is 7.31. The fourth-order valence-electron chi connectivity index (χ4n) is 1.60. The highest BCUT2D eigenvalue weighted by Gasteiger charge is 2.27. The summed E-state index contributed by atoms with van der Waals surface area (Å²) in [7, 11) is 0. The van der Waals surface area contributed by atoms with E-state index in [9.17, 15) is 13.2 Å². The first kappa shape index (κ1) is 17.6. The standard InChI is InChI=1S/C14H20F3NO3/c1-2-7-20-12-4-3-11(5-6-18)13(8-12)21-10-19-9-14(15,16)17/h3-4,8H,2,5-7,9-10,18H2,1H3. The summed E-state index contributed by atoms with van der Waals surface area (Å²) in [6, 6.07) is 5.21. The largest absolute Gasteiger partial charge is 0.493 e. The molecular weight excluding hydrogens is 287 g/mol. The van der Waals surface area contributed by atoms with Crippen LogP contribution in [0.15, 0.2) is 18.2 Å². The zero-order chi connectivity index (χ0) is 15.7. The summed E-state index contributed by atoms with van der Waals surface area (Å²) in [4.78, 5) is 0. The molecule has 120 valence electrons. The SMILES string of the molecule is CCCOc1ccc(CCN)c(OCOCC(F)(F)F)c1. The summed E-state index contributed by atoms with van der Waals surface area (Å²) >= 11 is 0. The van der Waals surface area contributed by atoms with Gasteiger partial charge in [-0.05, 0) is 31.0 Å². The number of ether oxygens (including phenoxy) is 3. The number of rotatable bonds is 9. The molecule has 0 heterocycles. The van der Waals surface area contributed by atoms with Crippen molar-refractivity contribution >= 4 is 0 Å². The summed E-state index contributed by atoms with van der Waals surface area (Å²) < 4.78 is 51.0. The third-order valence-corrected chi connectivity index (χ3v) is 2.49. The number of alkyl halides is 3. The highest BCUT2D eigenvalue weighted by atomic mass is 19.4. The van der Waals surface area contributed by atoms with Gasteiger partial charge in [-0.2, -0.15) is 13.2 Å². The van der Waals surface area contributed by atoms with E-state index >= 15 is 0 Å². The van der Waals surface area contributed by atoms with Crippen LogP contribution < -0.4 is 15.2 Å². The number of nitrogens with two attached hydrogens (primary N) is 1. The molecule has 1 rings (SSSR count). The van der Waals surface area contributed by atoms with Crippen LogP contribution in [0.4, 0.5) is 13.2 Å². The lowest BCUT2D eigenvalue weighted by atomic mass is 10.1. The smallest absolute Gasteiger partial charge is 0.411 e. The third kappa shape index (κ3) is 7.19. The molecule has 0 saturated heterocycles. The molecule has 0 saturated carbocycles. The van der Waals surface area contributed by atoms with E-state index in [1.54, 1.807) is 18.2 Å². The average Bonchev–Trinajstić information content (AvgIpc) is 2.42. The van der Waals surface area contributed by atoms with Gasteiger partial charge in [0, 0.05) is 6.07 Å². The maximum Gasteiger partial charge on any atom is 0.411 e. The lowest BCUT2D eigenvalue weighted by Gasteiger charge is -2.14. The Balaban J connectivity index is 2.62. The van der Waals surface area contributed by atoms with E-state index in [0.29, 0.717) is 31.1 Å². The van der Waals surface area contributed by atoms with Crippen molar-refractivity contribution in [2.75, 3.05) is 26.6 Å². The van der Waals surface area contributed by atoms with Crippen molar-refractivity contribution in [2.24, 2.45) is 5.73 Å². The molecule has 0 bridgehead atoms. The van der Waals surface area contributed by atoms with E-state index in [-0.39, 0.29) is 0 Å². The fraction of sp³-hybridized carbons (Fsp3) is 0.571. The molecule has 1 aromatic rings. The molecule has 2 N–H and O–H groups in total. The number of halogens is 3. The second kappa shape index (κ2) is 8.74. The molecule has 0 atom stereocenters. The molecule has 0 fully saturated rings. The second-order valence-electron chi connectivity index (χ2n) is 4.38. The zero-order valence-corrected chi connectivity index (χ0v) is 11.9. The highest BCUT2D eigenvalue weighted by Crippen LogP contribution is 2.26. The summed E-state index contributed by atoms with van der Waals surface area (Å²) in [5.74, 6) is 1.03. The van der Waals surface area contributed by atoms with E-state index in [4.69, 9.17) is 15.2 Å². The average molecular weight is 307 g/mol. The monoisotopic (exact) mass is 307 g/mol. The van der Waals surface area contributed by atoms with Crippen molar-refractivity contribution in [2.45, 2.75) is 25.9 Å². The first-order valence-corrected chi connectivity index (χ1v) is 6.69. The Bertz CT molecular complexity index is 424. The van der Waals surface area contributed by atoms with Gasteiger partial charge in [0.2, 0.25) is 0 Å². The number of hydrogen-bond donors (Lipinski definition) is 1. The van der Waals surface area contributed by atoms with E-state index in [1.165, 1.54) is 0 Å². The van der Waals surface area contributed by atoms with Crippen molar-refractivity contribution in [3.05, 3.63) is 23.8 Å². The van der Waals surface area contributed by atoms with E-state index in [0.717, 1.165) is 12.0 Å². The van der Waals surface area contributed by atoms with E-state index in [1.807, 2.05) is 6.92 Å². The van der Waals surface area contributed by atoms with Crippen LogP contribution in [0.2, 0.25) is 0 Å². The summed E-state index contributed by atoms with van der Waals surface area (Å²) in [6.07, 6.45) is -2.95. The molecule has 0 aliphatic rings. The van der Waals surface area contributed by atoms with Gasteiger partial charge in [0.15, 0.2) is 6.79 Å². The Labute approximate surface area is 122 Å². The van der Waals surface area contributed by atoms with Crippen molar-refractivity contribution in [3.8, 4) is 11.5 Å². The van der Waals surface area contributed by atoms with Crippen LogP contribution in [0.3, 0.4) is 0 Å². The summed E-state index contributed by atoms with van der Waals surface area (Å²) in [5.41, 5.74) is 6.30. The molecule has 1 aromatic carbocycles. The molecule has 0 spiro atoms. The lowest BCUT2D eigenvalue weighted by molar-refractivity contribution is -0.186. The van der Waals surface area contributed by atoms with Crippen LogP contribution >= 0.6 is 0 Å². The predicted molar refractivity (Wildman–Crippen MR) is 72.5 cm³/mol. The Morgan fingerprint density at radius 2 is 1.95 bits per heavy atom. The van der Waals surface area contributed by atoms with Crippen molar-refractivity contribution < 1.29 is 27.4 Å². The van der Waals surface area contributed by atoms with Crippen LogP contribution in [-0.2, 0) is 11.2 Å². The van der Waals surface area contributed by atoms with Gasteiger partial charge in [-0.15, -0.1) is 0 Å². The van der Waals surface area contributed by atoms with Gasteiger partial charge < -0.3 is 19.9 Å². The van der Waals surface area contributed by atoms with Crippen LogP contribution in [0.5, 0.6) is 11.5 Å². The van der Waals surface area contributed by atoms with Gasteiger partial charge in [0.25, 0.3) is 0 Å². The Morgan fingerprint density at radius 3 is 2.57 bits per heavy atom. The molecule has 7 heteroatoms. The van der Waals surface area contributed by atoms with Gasteiger partial charge in [-0.25, -0.2) is 0 Å². The second-order valence-corrected chi connectivity index (χ2v) is 4.38. The molecule has 4 nitrogen and oxygen atoms in total. The zero-order valence-electron chi connectivity index (χ0n) is 11.9. The van der Waals surface area contributed by atoms with Gasteiger partial charge in [-0.1, -0.05) is 13.0 Å². The molecular formula is C14H20F3NO3. The van der Waals surface area contributed by atoms with Gasteiger partial charge >= 0.3 is 6.18 Å². The molecule has 0 aliphatic heterocycles. The van der Waals surface area contributed by atoms with E-state index in [2.05, 4.69) is 4.74 Å². The van der Waals surface area contributed by atoms with E-state index < -0.39 is 19.6 Å². The first-order valence-electron chi connectivity index (χ1n) is 6.69. The molecule has 0 aromatic heterocycles. The van der Waals surface area contributed by atoms with Gasteiger partial charge in [-0.3, -0.25) is 0 Å². The molecule has 0 unspecified atom stereocenters. The predicted octanol–water partition coefficient (Wildman–Crippen LogP) is 2.89. The van der Waals surface area contributed by atoms with Crippen LogP contribution in [0.1, 0.15) is 18.9 Å². The molecule has 0 radical (unpaired) electrons. The summed E-state index contributed by atoms with van der Waals surface area (Å²) in [5, 5.41) is 0. The van der Waals surface area contributed by atoms with Crippen molar-refractivity contribution in [1.29, 1.82) is 0 Å². The Hall–Kier alpha value is -1.47. The quantitative estimate of drug-likeness (QED) is 0.563. The first-order chi connectivity index (χ1) is 9.96. The summed E-state index contributed by atoms with van der Waals surface area (Å²) in [6.45, 7) is 1.12. The minimum Gasteiger partial charge on any atom is -0.493 e. The van der Waals surface area contributed by atoms with Crippen LogP contribution in [-0.4, -0.2) is 32.7 Å². The fourth-order valence-corrected chi connectivity index (χ4v) is 1.60. The maximum atomic E-state index is 12.0. The van der Waals surface area contributed by atoms with Gasteiger partial charge in [0.05, 0.1) is 6.61 Å². The minimum atomic E-state index is -4.37. The Morgan fingerprint density at radius 1 is 1.19 bits per heavy atom. The van der Waals surface area contributed by atoms with Crippen LogP contribution in [0.25, 0.3) is 0 Å². The third-order valence-electron chi connectivity index (χ3n) is 2.49. The normalized spacial score (nSPS) is 11.5. The molecule has 21 heavy (non-hydrogen) atoms.